The summed E-state index contributed by atoms with van der Waals surface area (Å²) >= 11 is 0. The van der Waals surface area contributed by atoms with Gasteiger partial charge in [-0.3, -0.25) is 4.79 Å². The molecule has 0 fully saturated rings. The maximum atomic E-state index is 11.7. The van der Waals surface area contributed by atoms with E-state index in [1.165, 1.54) is 0 Å². The van der Waals surface area contributed by atoms with E-state index in [0.717, 1.165) is 23.3 Å². The number of carbonyl (C=O) groups is 1. The van der Waals surface area contributed by atoms with Crippen molar-refractivity contribution in [3.8, 4) is 12.3 Å². The minimum atomic E-state index is -0.0918. The third kappa shape index (κ3) is 2.35. The second-order valence-corrected chi connectivity index (χ2v) is 3.94. The van der Waals surface area contributed by atoms with E-state index in [0.29, 0.717) is 0 Å². The summed E-state index contributed by atoms with van der Waals surface area (Å²) in [6.07, 6.45) is 5.90. The van der Waals surface area contributed by atoms with E-state index >= 15 is 0 Å². The van der Waals surface area contributed by atoms with Gasteiger partial charge >= 0.3 is 0 Å². The van der Waals surface area contributed by atoms with Crippen LogP contribution in [-0.2, 0) is 17.8 Å². The Morgan fingerprint density at radius 3 is 3.00 bits per heavy atom. The van der Waals surface area contributed by atoms with Crippen LogP contribution in [0.1, 0.15) is 12.7 Å². The van der Waals surface area contributed by atoms with Crippen molar-refractivity contribution in [2.75, 3.05) is 6.54 Å². The molecule has 0 aliphatic heterocycles. The van der Waals surface area contributed by atoms with Crippen LogP contribution >= 0.6 is 0 Å². The highest BCUT2D eigenvalue weighted by Gasteiger charge is 2.11. The molecule has 1 N–H and O–H groups in total. The summed E-state index contributed by atoms with van der Waals surface area (Å²) in [4.78, 5) is 16.2. The van der Waals surface area contributed by atoms with Crippen molar-refractivity contribution in [2.24, 2.45) is 0 Å². The molecule has 2 rings (SSSR count). The topological polar surface area (TPSA) is 46.9 Å². The van der Waals surface area contributed by atoms with Gasteiger partial charge in [0.2, 0.25) is 5.91 Å². The largest absolute Gasteiger partial charge is 0.344 e. The number of hydrogen-bond acceptors (Lipinski definition) is 2. The van der Waals surface area contributed by atoms with Crippen LogP contribution < -0.4 is 5.32 Å². The van der Waals surface area contributed by atoms with E-state index < -0.39 is 0 Å². The fourth-order valence-corrected chi connectivity index (χ4v) is 1.92. The molecule has 0 aliphatic carbocycles. The number of hydrogen-bond donors (Lipinski definition) is 1. The number of benzene rings is 1. The number of fused-ring (bicyclic) bond motifs is 1. The number of amides is 1. The third-order valence-electron chi connectivity index (χ3n) is 2.74. The second-order valence-electron chi connectivity index (χ2n) is 3.94. The summed E-state index contributed by atoms with van der Waals surface area (Å²) in [5.41, 5.74) is 1.89. The number of carbonyl (C=O) groups excluding carboxylic acids is 1. The maximum Gasteiger partial charge on any atom is 0.240 e. The minimum Gasteiger partial charge on any atom is -0.344 e. The molecule has 0 aliphatic rings. The van der Waals surface area contributed by atoms with Crippen LogP contribution in [-0.4, -0.2) is 22.0 Å². The smallest absolute Gasteiger partial charge is 0.240 e. The van der Waals surface area contributed by atoms with Crippen molar-refractivity contribution in [2.45, 2.75) is 19.9 Å². The van der Waals surface area contributed by atoms with E-state index in [-0.39, 0.29) is 19.0 Å². The number of terminal acetylenes is 1. The molecule has 1 amide bonds. The Hall–Kier alpha value is -2.28. The number of aryl methyl sites for hydroxylation is 1. The van der Waals surface area contributed by atoms with Gasteiger partial charge in [-0.25, -0.2) is 4.98 Å². The van der Waals surface area contributed by atoms with Crippen LogP contribution in [0.2, 0.25) is 0 Å². The first-order valence-corrected chi connectivity index (χ1v) is 5.90. The maximum absolute atomic E-state index is 11.7. The number of nitrogens with one attached hydrogen (secondary N) is 1. The predicted octanol–water partition coefficient (Wildman–Crippen LogP) is 1.35. The molecule has 4 heteroatoms. The SMILES string of the molecule is C#CCNC(=O)Cn1c(CC)nc2ccccc21. The van der Waals surface area contributed by atoms with Crippen molar-refractivity contribution in [3.63, 3.8) is 0 Å². The van der Waals surface area contributed by atoms with Crippen molar-refractivity contribution in [1.82, 2.24) is 14.9 Å². The normalized spacial score (nSPS) is 10.2. The summed E-state index contributed by atoms with van der Waals surface area (Å²) in [5, 5.41) is 2.66. The van der Waals surface area contributed by atoms with E-state index in [2.05, 4.69) is 16.2 Å². The van der Waals surface area contributed by atoms with E-state index in [1.54, 1.807) is 0 Å². The molecule has 0 saturated carbocycles. The molecular weight excluding hydrogens is 226 g/mol. The second kappa shape index (κ2) is 5.37. The molecule has 0 unspecified atom stereocenters. The van der Waals surface area contributed by atoms with Crippen molar-refractivity contribution < 1.29 is 4.79 Å². The van der Waals surface area contributed by atoms with Gasteiger partial charge in [-0.05, 0) is 12.1 Å². The van der Waals surface area contributed by atoms with Crippen molar-refractivity contribution >= 4 is 16.9 Å². The molecule has 0 atom stereocenters. The van der Waals surface area contributed by atoms with Gasteiger partial charge in [0, 0.05) is 6.42 Å². The summed E-state index contributed by atoms with van der Waals surface area (Å²) in [7, 11) is 0. The molecule has 0 saturated heterocycles. The minimum absolute atomic E-state index is 0.0918. The molecular formula is C14H15N3O. The highest BCUT2D eigenvalue weighted by Crippen LogP contribution is 2.16. The first-order valence-electron chi connectivity index (χ1n) is 5.90. The van der Waals surface area contributed by atoms with E-state index in [9.17, 15) is 4.79 Å². The summed E-state index contributed by atoms with van der Waals surface area (Å²) in [6.45, 7) is 2.54. The molecule has 1 aromatic heterocycles. The van der Waals surface area contributed by atoms with E-state index in [4.69, 9.17) is 6.42 Å². The Bertz CT molecular complexity index is 607. The monoisotopic (exact) mass is 241 g/mol. The van der Waals surface area contributed by atoms with Gasteiger partial charge < -0.3 is 9.88 Å². The number of rotatable bonds is 4. The number of imidazole rings is 1. The Morgan fingerprint density at radius 2 is 2.28 bits per heavy atom. The zero-order valence-electron chi connectivity index (χ0n) is 10.3. The van der Waals surface area contributed by atoms with Crippen LogP contribution in [0.3, 0.4) is 0 Å². The van der Waals surface area contributed by atoms with Crippen LogP contribution in [0.25, 0.3) is 11.0 Å². The van der Waals surface area contributed by atoms with Crippen LogP contribution in [0, 0.1) is 12.3 Å². The fourth-order valence-electron chi connectivity index (χ4n) is 1.92. The zero-order chi connectivity index (χ0) is 13.0. The van der Waals surface area contributed by atoms with Gasteiger partial charge in [-0.1, -0.05) is 25.0 Å². The molecule has 92 valence electrons. The number of aromatic nitrogens is 2. The summed E-state index contributed by atoms with van der Waals surface area (Å²) in [6, 6.07) is 7.80. The summed E-state index contributed by atoms with van der Waals surface area (Å²) in [5.74, 6) is 3.20. The third-order valence-corrected chi connectivity index (χ3v) is 2.74. The van der Waals surface area contributed by atoms with Crippen molar-refractivity contribution in [3.05, 3.63) is 30.1 Å². The summed E-state index contributed by atoms with van der Waals surface area (Å²) < 4.78 is 1.93. The Labute approximate surface area is 106 Å². The average Bonchev–Trinajstić information content (AvgIpc) is 2.75. The lowest BCUT2D eigenvalue weighted by atomic mass is 10.3. The molecule has 1 heterocycles. The van der Waals surface area contributed by atoms with Gasteiger partial charge in [0.05, 0.1) is 17.6 Å². The Morgan fingerprint density at radius 1 is 1.50 bits per heavy atom. The van der Waals surface area contributed by atoms with Crippen LogP contribution in [0.4, 0.5) is 0 Å². The number of nitrogens with zero attached hydrogens (tertiary/aromatic N) is 2. The lowest BCUT2D eigenvalue weighted by Gasteiger charge is -2.07. The van der Waals surface area contributed by atoms with Gasteiger partial charge in [0.15, 0.2) is 0 Å². The lowest BCUT2D eigenvalue weighted by molar-refractivity contribution is -0.121. The van der Waals surface area contributed by atoms with Crippen LogP contribution in [0.5, 0.6) is 0 Å². The first-order chi connectivity index (χ1) is 8.76. The van der Waals surface area contributed by atoms with Gasteiger partial charge in [-0.2, -0.15) is 0 Å². The Kier molecular flexibility index (Phi) is 3.63. The first kappa shape index (κ1) is 12.2. The van der Waals surface area contributed by atoms with Crippen LogP contribution in [0.15, 0.2) is 24.3 Å². The van der Waals surface area contributed by atoms with E-state index in [1.807, 2.05) is 35.8 Å². The van der Waals surface area contributed by atoms with Gasteiger partial charge in [-0.15, -0.1) is 6.42 Å². The number of para-hydroxylation sites is 2. The fraction of sp³-hybridized carbons (Fsp3) is 0.286. The predicted molar refractivity (Wildman–Crippen MR) is 71.0 cm³/mol. The van der Waals surface area contributed by atoms with Gasteiger partial charge in [0.1, 0.15) is 12.4 Å². The molecule has 0 spiro atoms. The van der Waals surface area contributed by atoms with Gasteiger partial charge in [0.25, 0.3) is 0 Å². The molecule has 0 radical (unpaired) electrons. The average molecular weight is 241 g/mol. The van der Waals surface area contributed by atoms with Crippen molar-refractivity contribution in [1.29, 1.82) is 0 Å². The highest BCUT2D eigenvalue weighted by molar-refractivity contribution is 5.81. The zero-order valence-corrected chi connectivity index (χ0v) is 10.3. The quantitative estimate of drug-likeness (QED) is 0.821. The lowest BCUT2D eigenvalue weighted by Crippen LogP contribution is -2.28. The molecule has 1 aromatic carbocycles. The Balaban J connectivity index is 2.31. The highest BCUT2D eigenvalue weighted by atomic mass is 16.1. The molecule has 4 nitrogen and oxygen atoms in total. The molecule has 0 bridgehead atoms. The molecule has 2 aromatic rings. The standard InChI is InChI=1S/C14H15N3O/c1-3-9-15-14(18)10-17-12-8-6-5-7-11(12)16-13(17)4-2/h1,5-8H,4,9-10H2,2H3,(H,15,18). The molecule has 18 heavy (non-hydrogen) atoms.